The molecule has 2 aromatic carbocycles. The average Bonchev–Trinajstić information content (AvgIpc) is 2.61. The number of nitrogens with zero attached hydrogens (tertiary/aromatic N) is 1. The number of benzene rings is 1. The van der Waals surface area contributed by atoms with Crippen LogP contribution in [0.1, 0.15) is 0 Å². The first kappa shape index (κ1) is 12.3. The van der Waals surface area contributed by atoms with E-state index in [0.717, 1.165) is 11.9 Å². The molecule has 7 heteroatoms. The van der Waals surface area contributed by atoms with E-state index < -0.39 is 16.9 Å². The van der Waals surface area contributed by atoms with Gasteiger partial charge in [0.25, 0.3) is 0 Å². The van der Waals surface area contributed by atoms with Crippen molar-refractivity contribution < 1.29 is 4.79 Å². The number of nitrogens with one attached hydrogen (secondary N) is 2. The van der Waals surface area contributed by atoms with Gasteiger partial charge in [0.05, 0.1) is 0 Å². The topological polar surface area (TPSA) is 87.6 Å². The van der Waals surface area contributed by atoms with Gasteiger partial charge in [-0.25, -0.2) is 10.2 Å². The number of amides is 2. The van der Waals surface area contributed by atoms with Crippen LogP contribution < -0.4 is 26.4 Å². The summed E-state index contributed by atoms with van der Waals surface area (Å²) in [4.78, 5) is 34.8. The molecular weight excluding hydrogens is 254 g/mol. The molecule has 0 atom stereocenters. The van der Waals surface area contributed by atoms with Crippen molar-refractivity contribution in [3.05, 3.63) is 50.1 Å². The van der Waals surface area contributed by atoms with Crippen LogP contribution in [0.5, 0.6) is 0 Å². The van der Waals surface area contributed by atoms with Crippen LogP contribution in [0.3, 0.4) is 0 Å². The lowest BCUT2D eigenvalue weighted by molar-refractivity contribution is 0.246. The zero-order valence-electron chi connectivity index (χ0n) is 9.39. The molecule has 92 valence electrons. The molecule has 0 saturated carbocycles. The van der Waals surface area contributed by atoms with Crippen molar-refractivity contribution in [1.82, 2.24) is 10.1 Å². The Labute approximate surface area is 106 Å². The van der Waals surface area contributed by atoms with Gasteiger partial charge in [-0.2, -0.15) is 5.10 Å². The molecule has 2 N–H and O–H groups in total. The predicted molar refractivity (Wildman–Crippen MR) is 69.6 cm³/mol. The summed E-state index contributed by atoms with van der Waals surface area (Å²) in [5.74, 6) is 0. The highest BCUT2D eigenvalue weighted by atomic mass is 32.2. The van der Waals surface area contributed by atoms with Crippen LogP contribution in [0.2, 0.25) is 0 Å². The maximum atomic E-state index is 11.8. The van der Waals surface area contributed by atoms with Gasteiger partial charge in [0.15, 0.2) is 5.36 Å². The Hall–Kier alpha value is -2.15. The third kappa shape index (κ3) is 2.12. The zero-order valence-corrected chi connectivity index (χ0v) is 10.2. The number of hydrogen-bond donors (Lipinski definition) is 2. The highest BCUT2D eigenvalue weighted by Gasteiger charge is 2.10. The van der Waals surface area contributed by atoms with E-state index in [1.807, 2.05) is 0 Å². The van der Waals surface area contributed by atoms with Gasteiger partial charge in [0.2, 0.25) is 10.9 Å². The number of carbonyl (C=O) groups is 1. The van der Waals surface area contributed by atoms with Gasteiger partial charge in [0, 0.05) is 17.0 Å². The van der Waals surface area contributed by atoms with Gasteiger partial charge in [0.1, 0.15) is 0 Å². The summed E-state index contributed by atoms with van der Waals surface area (Å²) < 4.78 is 2.36. The number of rotatable bonds is 2. The van der Waals surface area contributed by atoms with E-state index in [-0.39, 0.29) is 5.36 Å². The number of carbonyl (C=O) groups excluding carboxylic acids is 1. The minimum atomic E-state index is -0.591. The predicted octanol–water partition coefficient (Wildman–Crippen LogP) is -0.171. The summed E-state index contributed by atoms with van der Waals surface area (Å²) in [6.45, 7) is 0. The molecule has 0 heterocycles. The molecule has 0 saturated heterocycles. The first-order chi connectivity index (χ1) is 8.65. The highest BCUT2D eigenvalue weighted by Crippen LogP contribution is 2.01. The van der Waals surface area contributed by atoms with E-state index in [0.29, 0.717) is 10.8 Å². The van der Waals surface area contributed by atoms with Gasteiger partial charge in [-0.1, -0.05) is 36.2 Å². The van der Waals surface area contributed by atoms with Gasteiger partial charge < -0.3 is 0 Å². The van der Waals surface area contributed by atoms with Gasteiger partial charge in [-0.3, -0.25) is 14.3 Å². The third-order valence-electron chi connectivity index (χ3n) is 2.31. The van der Waals surface area contributed by atoms with Crippen LogP contribution in [-0.4, -0.2) is 12.3 Å². The maximum Gasteiger partial charge on any atom is 0.345 e. The van der Waals surface area contributed by atoms with Crippen molar-refractivity contribution >= 4 is 28.8 Å². The lowest BCUT2D eigenvalue weighted by Gasteiger charge is -1.96. The van der Waals surface area contributed by atoms with Crippen LogP contribution in [0, 0.1) is 0 Å². The largest absolute Gasteiger partial charge is 0.345 e. The second-order valence-electron chi connectivity index (χ2n) is 3.41. The van der Waals surface area contributed by atoms with Crippen molar-refractivity contribution in [2.45, 2.75) is 0 Å². The SMILES string of the molecule is CSNC(=O)NN=c1c(=O)c2ccccc2c1=O. The fourth-order valence-electron chi connectivity index (χ4n) is 1.56. The maximum absolute atomic E-state index is 11.8. The van der Waals surface area contributed by atoms with Crippen LogP contribution in [0.25, 0.3) is 10.8 Å². The molecule has 0 aliphatic heterocycles. The van der Waals surface area contributed by atoms with Crippen LogP contribution in [-0.2, 0) is 0 Å². The molecule has 0 fully saturated rings. The van der Waals surface area contributed by atoms with E-state index in [4.69, 9.17) is 0 Å². The molecule has 0 aliphatic rings. The monoisotopic (exact) mass is 263 g/mol. The molecule has 0 aliphatic carbocycles. The van der Waals surface area contributed by atoms with Crippen molar-refractivity contribution in [3.8, 4) is 0 Å². The van der Waals surface area contributed by atoms with E-state index in [9.17, 15) is 14.4 Å². The zero-order chi connectivity index (χ0) is 13.1. The Morgan fingerprint density at radius 3 is 2.22 bits per heavy atom. The van der Waals surface area contributed by atoms with E-state index in [2.05, 4.69) is 15.2 Å². The average molecular weight is 263 g/mol. The summed E-state index contributed by atoms with van der Waals surface area (Å²) in [6.07, 6.45) is 1.66. The summed E-state index contributed by atoms with van der Waals surface area (Å²) in [7, 11) is 0. The van der Waals surface area contributed by atoms with Crippen LogP contribution in [0.15, 0.2) is 39.0 Å². The minimum Gasteiger partial charge on any atom is -0.287 e. The number of urea groups is 1. The quantitative estimate of drug-likeness (QED) is 0.581. The van der Waals surface area contributed by atoms with Crippen LogP contribution in [0.4, 0.5) is 4.79 Å². The molecule has 0 aromatic heterocycles. The van der Waals surface area contributed by atoms with Crippen molar-refractivity contribution in [2.24, 2.45) is 5.10 Å². The molecule has 0 radical (unpaired) electrons. The third-order valence-corrected chi connectivity index (χ3v) is 2.70. The molecule has 0 spiro atoms. The first-order valence-corrected chi connectivity index (χ1v) is 6.22. The Morgan fingerprint density at radius 2 is 1.72 bits per heavy atom. The highest BCUT2D eigenvalue weighted by molar-refractivity contribution is 7.97. The summed E-state index contributed by atoms with van der Waals surface area (Å²) in [5.41, 5.74) is 1.15. The second kappa shape index (κ2) is 5.01. The molecule has 2 amide bonds. The summed E-state index contributed by atoms with van der Waals surface area (Å²) in [5, 5.41) is 3.92. The van der Waals surface area contributed by atoms with Gasteiger partial charge >= 0.3 is 6.03 Å². The van der Waals surface area contributed by atoms with E-state index >= 15 is 0 Å². The molecule has 2 aromatic rings. The van der Waals surface area contributed by atoms with Crippen molar-refractivity contribution in [1.29, 1.82) is 0 Å². The normalized spacial score (nSPS) is 10.3. The second-order valence-corrected chi connectivity index (χ2v) is 4.02. The van der Waals surface area contributed by atoms with Gasteiger partial charge in [-0.15, -0.1) is 0 Å². The van der Waals surface area contributed by atoms with Gasteiger partial charge in [-0.05, 0) is 0 Å². The standard InChI is InChI=1S/C11H9N3O3S/c1-18-14-11(17)13-12-8-9(15)6-4-2-3-5-7(6)10(8)16/h2-5H,1H3,(H2,13,14,17). The molecular formula is C11H9N3O3S. The summed E-state index contributed by atoms with van der Waals surface area (Å²) >= 11 is 1.08. The van der Waals surface area contributed by atoms with E-state index in [1.165, 1.54) is 0 Å². The summed E-state index contributed by atoms with van der Waals surface area (Å²) in [6, 6.07) is 5.86. The number of fused-ring (bicyclic) bond motifs is 1. The molecule has 6 nitrogen and oxygen atoms in total. The molecule has 0 unspecified atom stereocenters. The van der Waals surface area contributed by atoms with Crippen molar-refractivity contribution in [3.63, 3.8) is 0 Å². The Bertz CT molecular complexity index is 697. The fraction of sp³-hybridized carbons (Fsp3) is 0.0909. The molecule has 2 rings (SSSR count). The Kier molecular flexibility index (Phi) is 3.42. The van der Waals surface area contributed by atoms with Crippen LogP contribution >= 0.6 is 11.9 Å². The number of hydrogen-bond acceptors (Lipinski definition) is 5. The Morgan fingerprint density at radius 1 is 1.17 bits per heavy atom. The molecule has 18 heavy (non-hydrogen) atoms. The minimum absolute atomic E-state index is 0.271. The lowest BCUT2D eigenvalue weighted by Crippen LogP contribution is -2.37. The first-order valence-electron chi connectivity index (χ1n) is 5.00. The Balaban J connectivity index is 2.52. The van der Waals surface area contributed by atoms with Crippen molar-refractivity contribution in [2.75, 3.05) is 6.26 Å². The lowest BCUT2D eigenvalue weighted by atomic mass is 10.2. The fourth-order valence-corrected chi connectivity index (χ4v) is 1.79. The molecule has 0 bridgehead atoms. The van der Waals surface area contributed by atoms with E-state index in [1.54, 1.807) is 30.5 Å². The smallest absolute Gasteiger partial charge is 0.287 e.